The maximum atomic E-state index is 10.7. The summed E-state index contributed by atoms with van der Waals surface area (Å²) in [6.45, 7) is 5.42. The number of hydrogen-bond acceptors (Lipinski definition) is 2. The van der Waals surface area contributed by atoms with Crippen LogP contribution in [0.25, 0.3) is 0 Å². The van der Waals surface area contributed by atoms with E-state index in [0.717, 1.165) is 6.42 Å². The predicted octanol–water partition coefficient (Wildman–Crippen LogP) is 1.37. The van der Waals surface area contributed by atoms with Gasteiger partial charge in [-0.25, -0.2) is 0 Å². The number of hydrogen-bond donors (Lipinski definition) is 0. The van der Waals surface area contributed by atoms with Gasteiger partial charge < -0.3 is 4.74 Å². The van der Waals surface area contributed by atoms with Crippen LogP contribution >= 0.6 is 0 Å². The van der Waals surface area contributed by atoms with Crippen LogP contribution in [-0.2, 0) is 9.53 Å². The molecule has 0 rings (SSSR count). The molecule has 52 valence electrons. The molecular weight excluding hydrogens is 116 g/mol. The van der Waals surface area contributed by atoms with Crippen molar-refractivity contribution in [3.8, 4) is 0 Å². The van der Waals surface area contributed by atoms with E-state index in [1.54, 1.807) is 6.08 Å². The van der Waals surface area contributed by atoms with Gasteiger partial charge in [0, 0.05) is 0 Å². The average molecular weight is 128 g/mol. The number of carbonyl (C=O) groups excluding carboxylic acids is 1. The zero-order valence-electron chi connectivity index (χ0n) is 5.89. The zero-order chi connectivity index (χ0) is 7.28. The van der Waals surface area contributed by atoms with Crippen molar-refractivity contribution in [2.45, 2.75) is 13.3 Å². The minimum Gasteiger partial charge on any atom is -0.469 e. The molecular formula is C7H12O2. The van der Waals surface area contributed by atoms with Gasteiger partial charge in [-0.05, 0) is 6.42 Å². The molecule has 0 aromatic rings. The Hall–Kier alpha value is -0.790. The summed E-state index contributed by atoms with van der Waals surface area (Å²) in [7, 11) is 1.38. The standard InChI is InChI=1S/C7H12O2/c1-4-6(5-2)7(8)9-3/h4,6H,1,5H2,2-3H3/t6-/m0/s1. The van der Waals surface area contributed by atoms with Gasteiger partial charge >= 0.3 is 5.97 Å². The molecule has 0 amide bonds. The number of esters is 1. The Morgan fingerprint density at radius 3 is 2.56 bits per heavy atom. The van der Waals surface area contributed by atoms with Crippen LogP contribution < -0.4 is 0 Å². The summed E-state index contributed by atoms with van der Waals surface area (Å²) >= 11 is 0. The first-order chi connectivity index (χ1) is 4.26. The lowest BCUT2D eigenvalue weighted by Crippen LogP contribution is -2.11. The van der Waals surface area contributed by atoms with E-state index in [9.17, 15) is 4.79 Å². The van der Waals surface area contributed by atoms with Gasteiger partial charge in [0.1, 0.15) is 0 Å². The molecule has 9 heavy (non-hydrogen) atoms. The van der Waals surface area contributed by atoms with Crippen LogP contribution in [0, 0.1) is 5.92 Å². The molecule has 0 unspecified atom stereocenters. The summed E-state index contributed by atoms with van der Waals surface area (Å²) in [5.41, 5.74) is 0. The Balaban J connectivity index is 3.78. The smallest absolute Gasteiger partial charge is 0.312 e. The number of ether oxygens (including phenoxy) is 1. The average Bonchev–Trinajstić information content (AvgIpc) is 1.90. The number of rotatable bonds is 3. The largest absolute Gasteiger partial charge is 0.469 e. The van der Waals surface area contributed by atoms with Gasteiger partial charge in [0.2, 0.25) is 0 Å². The lowest BCUT2D eigenvalue weighted by atomic mass is 10.1. The fourth-order valence-electron chi connectivity index (χ4n) is 0.581. The van der Waals surface area contributed by atoms with Gasteiger partial charge in [0.25, 0.3) is 0 Å². The van der Waals surface area contributed by atoms with Crippen LogP contribution in [0.15, 0.2) is 12.7 Å². The molecule has 0 bridgehead atoms. The van der Waals surface area contributed by atoms with Crippen molar-refractivity contribution < 1.29 is 9.53 Å². The Morgan fingerprint density at radius 2 is 2.44 bits per heavy atom. The van der Waals surface area contributed by atoms with Crippen molar-refractivity contribution in [3.63, 3.8) is 0 Å². The number of carbonyl (C=O) groups is 1. The SMILES string of the molecule is C=C[C@@H](CC)C(=O)OC. The zero-order valence-corrected chi connectivity index (χ0v) is 5.89. The Bertz CT molecular complexity index is 107. The predicted molar refractivity (Wildman–Crippen MR) is 36.0 cm³/mol. The third-order valence-electron chi connectivity index (χ3n) is 1.23. The molecule has 0 aliphatic carbocycles. The third-order valence-corrected chi connectivity index (χ3v) is 1.23. The monoisotopic (exact) mass is 128 g/mol. The van der Waals surface area contributed by atoms with Crippen LogP contribution in [-0.4, -0.2) is 13.1 Å². The van der Waals surface area contributed by atoms with Gasteiger partial charge in [0.15, 0.2) is 0 Å². The molecule has 0 saturated carbocycles. The van der Waals surface area contributed by atoms with Crippen molar-refractivity contribution in [1.29, 1.82) is 0 Å². The summed E-state index contributed by atoms with van der Waals surface area (Å²) in [4.78, 5) is 10.7. The van der Waals surface area contributed by atoms with Crippen LogP contribution in [0.2, 0.25) is 0 Å². The van der Waals surface area contributed by atoms with Gasteiger partial charge in [0.05, 0.1) is 13.0 Å². The lowest BCUT2D eigenvalue weighted by Gasteiger charge is -2.04. The van der Waals surface area contributed by atoms with Gasteiger partial charge in [-0.3, -0.25) is 4.79 Å². The van der Waals surface area contributed by atoms with Gasteiger partial charge in [-0.1, -0.05) is 13.0 Å². The van der Waals surface area contributed by atoms with Crippen molar-refractivity contribution in [3.05, 3.63) is 12.7 Å². The van der Waals surface area contributed by atoms with Gasteiger partial charge in [-0.2, -0.15) is 0 Å². The van der Waals surface area contributed by atoms with E-state index >= 15 is 0 Å². The first-order valence-electron chi connectivity index (χ1n) is 2.96. The normalized spacial score (nSPS) is 12.2. The summed E-state index contributed by atoms with van der Waals surface area (Å²) in [6, 6.07) is 0. The van der Waals surface area contributed by atoms with Crippen molar-refractivity contribution in [2.24, 2.45) is 5.92 Å². The lowest BCUT2D eigenvalue weighted by molar-refractivity contribution is -0.143. The molecule has 0 radical (unpaired) electrons. The molecule has 1 atom stereocenters. The molecule has 0 aromatic carbocycles. The van der Waals surface area contributed by atoms with E-state index in [2.05, 4.69) is 11.3 Å². The maximum Gasteiger partial charge on any atom is 0.312 e. The third kappa shape index (κ3) is 2.31. The highest BCUT2D eigenvalue weighted by atomic mass is 16.5. The second-order valence-corrected chi connectivity index (χ2v) is 1.77. The van der Waals surface area contributed by atoms with E-state index < -0.39 is 0 Å². The molecule has 0 spiro atoms. The number of methoxy groups -OCH3 is 1. The molecule has 0 N–H and O–H groups in total. The van der Waals surface area contributed by atoms with E-state index in [1.165, 1.54) is 7.11 Å². The summed E-state index contributed by atoms with van der Waals surface area (Å²) in [5, 5.41) is 0. The molecule has 0 aliphatic rings. The second kappa shape index (κ2) is 4.13. The summed E-state index contributed by atoms with van der Waals surface area (Å²) < 4.78 is 4.48. The molecule has 0 aromatic heterocycles. The Morgan fingerprint density at radius 1 is 1.89 bits per heavy atom. The topological polar surface area (TPSA) is 26.3 Å². The molecule has 0 saturated heterocycles. The minimum absolute atomic E-state index is 0.130. The molecule has 2 heteroatoms. The first-order valence-corrected chi connectivity index (χ1v) is 2.96. The van der Waals surface area contributed by atoms with Crippen LogP contribution in [0.5, 0.6) is 0 Å². The van der Waals surface area contributed by atoms with Gasteiger partial charge in [-0.15, -0.1) is 6.58 Å². The molecule has 0 heterocycles. The Labute approximate surface area is 55.5 Å². The van der Waals surface area contributed by atoms with Crippen molar-refractivity contribution in [1.82, 2.24) is 0 Å². The highest BCUT2D eigenvalue weighted by Gasteiger charge is 2.10. The second-order valence-electron chi connectivity index (χ2n) is 1.77. The van der Waals surface area contributed by atoms with E-state index in [1.807, 2.05) is 6.92 Å². The fourth-order valence-corrected chi connectivity index (χ4v) is 0.581. The minimum atomic E-state index is -0.201. The molecule has 2 nitrogen and oxygen atoms in total. The highest BCUT2D eigenvalue weighted by Crippen LogP contribution is 2.04. The van der Waals surface area contributed by atoms with Crippen LogP contribution in [0.4, 0.5) is 0 Å². The molecule has 0 fully saturated rings. The summed E-state index contributed by atoms with van der Waals surface area (Å²) in [6.07, 6.45) is 2.36. The Kier molecular flexibility index (Phi) is 3.76. The maximum absolute atomic E-state index is 10.7. The van der Waals surface area contributed by atoms with Crippen LogP contribution in [0.3, 0.4) is 0 Å². The van der Waals surface area contributed by atoms with E-state index in [0.29, 0.717) is 0 Å². The molecule has 0 aliphatic heterocycles. The van der Waals surface area contributed by atoms with E-state index in [-0.39, 0.29) is 11.9 Å². The van der Waals surface area contributed by atoms with Crippen molar-refractivity contribution >= 4 is 5.97 Å². The van der Waals surface area contributed by atoms with Crippen LogP contribution in [0.1, 0.15) is 13.3 Å². The highest BCUT2D eigenvalue weighted by molar-refractivity contribution is 5.73. The first kappa shape index (κ1) is 8.21. The quantitative estimate of drug-likeness (QED) is 0.424. The summed E-state index contributed by atoms with van der Waals surface area (Å²) in [5.74, 6) is -0.331. The fraction of sp³-hybridized carbons (Fsp3) is 0.571. The van der Waals surface area contributed by atoms with Crippen molar-refractivity contribution in [2.75, 3.05) is 7.11 Å². The van der Waals surface area contributed by atoms with E-state index in [4.69, 9.17) is 0 Å².